The molecule has 2 N–H and O–H groups in total. The van der Waals surface area contributed by atoms with Crippen LogP contribution in [0.2, 0.25) is 0 Å². The Bertz CT molecular complexity index is 1240. The minimum atomic E-state index is -1.11. The van der Waals surface area contributed by atoms with Gasteiger partial charge in [-0.05, 0) is 52.3 Å². The van der Waals surface area contributed by atoms with Crippen molar-refractivity contribution in [1.82, 2.24) is 10.2 Å². The van der Waals surface area contributed by atoms with E-state index >= 15 is 0 Å². The molecule has 1 aliphatic heterocycles. The number of thiophene rings is 1. The van der Waals surface area contributed by atoms with Crippen molar-refractivity contribution in [2.75, 3.05) is 0 Å². The lowest BCUT2D eigenvalue weighted by atomic mass is 9.82. The van der Waals surface area contributed by atoms with Gasteiger partial charge in [-0.15, -0.1) is 11.3 Å². The molecular weight excluding hydrogens is 414 g/mol. The highest BCUT2D eigenvalue weighted by Gasteiger charge is 2.52. The number of nitrogens with one attached hydrogen (secondary N) is 2. The lowest BCUT2D eigenvalue weighted by molar-refractivity contribution is -0.130. The Kier molecular flexibility index (Phi) is 5.11. The summed E-state index contributed by atoms with van der Waals surface area (Å²) in [6.45, 7) is 2.43. The maximum atomic E-state index is 13.9. The first-order valence-electron chi connectivity index (χ1n) is 10.5. The molecule has 1 aromatic heterocycles. The Morgan fingerprint density at radius 3 is 2.16 bits per heavy atom. The van der Waals surface area contributed by atoms with Crippen LogP contribution >= 0.6 is 11.3 Å². The Morgan fingerprint density at radius 2 is 1.56 bits per heavy atom. The van der Waals surface area contributed by atoms with Crippen LogP contribution in [0.3, 0.4) is 0 Å². The summed E-state index contributed by atoms with van der Waals surface area (Å²) in [4.78, 5) is 16.7. The number of benzene rings is 3. The van der Waals surface area contributed by atoms with Gasteiger partial charge in [0, 0.05) is 4.88 Å². The highest BCUT2D eigenvalue weighted by molar-refractivity contribution is 7.13. The van der Waals surface area contributed by atoms with E-state index in [0.29, 0.717) is 6.54 Å². The minimum absolute atomic E-state index is 0.111. The molecular formula is C27H23N3OS. The van der Waals surface area contributed by atoms with Crippen molar-refractivity contribution in [1.29, 1.82) is 5.41 Å². The molecule has 0 bridgehead atoms. The lowest BCUT2D eigenvalue weighted by Gasteiger charge is -2.28. The SMILES string of the molecule is Cc1csc(-c2cccc(CN3C(=N)NC(c4ccccc4)(c4ccccc4)C3=O)c2)c1. The second kappa shape index (κ2) is 8.09. The highest BCUT2D eigenvalue weighted by atomic mass is 32.1. The summed E-state index contributed by atoms with van der Waals surface area (Å²) in [6.07, 6.45) is 0. The summed E-state index contributed by atoms with van der Waals surface area (Å²) in [5.74, 6) is -0.0302. The number of guanidine groups is 1. The van der Waals surface area contributed by atoms with Gasteiger partial charge >= 0.3 is 0 Å². The fraction of sp³-hybridized carbons (Fsp3) is 0.111. The molecule has 0 aliphatic carbocycles. The van der Waals surface area contributed by atoms with Crippen LogP contribution in [0.15, 0.2) is 96.4 Å². The maximum absolute atomic E-state index is 13.9. The first-order valence-corrected chi connectivity index (χ1v) is 11.4. The molecule has 0 saturated carbocycles. The molecule has 4 aromatic rings. The van der Waals surface area contributed by atoms with Crippen LogP contribution in [0.1, 0.15) is 22.3 Å². The van der Waals surface area contributed by atoms with Gasteiger partial charge in [-0.1, -0.05) is 78.9 Å². The number of hydrogen-bond acceptors (Lipinski definition) is 3. The average molecular weight is 438 g/mol. The van der Waals surface area contributed by atoms with Crippen LogP contribution in [0.5, 0.6) is 0 Å². The van der Waals surface area contributed by atoms with Crippen LogP contribution in [-0.2, 0) is 16.9 Å². The molecule has 5 rings (SSSR count). The molecule has 0 spiro atoms. The van der Waals surface area contributed by atoms with E-state index in [0.717, 1.165) is 22.3 Å². The molecule has 5 heteroatoms. The molecule has 3 aromatic carbocycles. The van der Waals surface area contributed by atoms with E-state index in [1.54, 1.807) is 16.2 Å². The van der Waals surface area contributed by atoms with E-state index in [1.165, 1.54) is 10.4 Å². The van der Waals surface area contributed by atoms with Crippen molar-refractivity contribution in [3.05, 3.63) is 119 Å². The third-order valence-corrected chi connectivity index (χ3v) is 6.94. The van der Waals surface area contributed by atoms with Crippen molar-refractivity contribution in [2.45, 2.75) is 19.0 Å². The van der Waals surface area contributed by atoms with Crippen molar-refractivity contribution >= 4 is 23.2 Å². The maximum Gasteiger partial charge on any atom is 0.264 e. The zero-order valence-electron chi connectivity index (χ0n) is 17.7. The van der Waals surface area contributed by atoms with E-state index in [-0.39, 0.29) is 11.9 Å². The third kappa shape index (κ3) is 3.41. The van der Waals surface area contributed by atoms with E-state index in [4.69, 9.17) is 5.41 Å². The number of carbonyl (C=O) groups excluding carboxylic acids is 1. The molecule has 2 heterocycles. The topological polar surface area (TPSA) is 56.2 Å². The predicted molar refractivity (Wildman–Crippen MR) is 130 cm³/mol. The quantitative estimate of drug-likeness (QED) is 0.431. The molecule has 1 fully saturated rings. The minimum Gasteiger partial charge on any atom is -0.334 e. The normalized spacial score (nSPS) is 15.1. The van der Waals surface area contributed by atoms with E-state index in [9.17, 15) is 4.79 Å². The molecule has 4 nitrogen and oxygen atoms in total. The zero-order chi connectivity index (χ0) is 22.1. The second-order valence-corrected chi connectivity index (χ2v) is 8.95. The smallest absolute Gasteiger partial charge is 0.264 e. The standard InChI is InChI=1S/C27H23N3OS/c1-19-15-24(32-18-19)21-10-8-9-20(16-21)17-30-25(31)27(29-26(30)28,22-11-4-2-5-12-22)23-13-6-3-7-14-23/h2-16,18H,17H2,1H3,(H2,28,29). The number of carbonyl (C=O) groups is 1. The number of rotatable bonds is 5. The number of hydrogen-bond donors (Lipinski definition) is 2. The van der Waals surface area contributed by atoms with E-state index in [1.807, 2.05) is 72.8 Å². The van der Waals surface area contributed by atoms with Gasteiger partial charge < -0.3 is 5.32 Å². The molecule has 0 unspecified atom stereocenters. The lowest BCUT2D eigenvalue weighted by Crippen LogP contribution is -2.45. The van der Waals surface area contributed by atoms with Gasteiger partial charge in [0.15, 0.2) is 11.5 Å². The Morgan fingerprint density at radius 1 is 0.906 bits per heavy atom. The van der Waals surface area contributed by atoms with E-state index < -0.39 is 5.54 Å². The summed E-state index contributed by atoms with van der Waals surface area (Å²) in [5, 5.41) is 14.0. The molecule has 158 valence electrons. The fourth-order valence-electron chi connectivity index (χ4n) is 4.28. The Balaban J connectivity index is 1.52. The number of nitrogens with zero attached hydrogens (tertiary/aromatic N) is 1. The molecule has 0 radical (unpaired) electrons. The first kappa shape index (κ1) is 20.2. The molecule has 1 saturated heterocycles. The summed E-state index contributed by atoms with van der Waals surface area (Å²) < 4.78 is 0. The van der Waals surface area contributed by atoms with Crippen molar-refractivity contribution in [3.63, 3.8) is 0 Å². The summed E-state index contributed by atoms with van der Waals surface area (Å²) in [6, 6.07) is 29.7. The Hall–Kier alpha value is -3.70. The van der Waals surface area contributed by atoms with Gasteiger partial charge in [-0.25, -0.2) is 0 Å². The number of aryl methyl sites for hydroxylation is 1. The highest BCUT2D eigenvalue weighted by Crippen LogP contribution is 2.36. The monoisotopic (exact) mass is 437 g/mol. The first-order chi connectivity index (χ1) is 15.6. The van der Waals surface area contributed by atoms with Crippen molar-refractivity contribution in [3.8, 4) is 10.4 Å². The van der Waals surface area contributed by atoms with Gasteiger partial charge in [0.2, 0.25) is 0 Å². The van der Waals surface area contributed by atoms with Gasteiger partial charge in [0.1, 0.15) is 0 Å². The molecule has 0 atom stereocenters. The van der Waals surface area contributed by atoms with Crippen molar-refractivity contribution in [2.24, 2.45) is 0 Å². The van der Waals surface area contributed by atoms with Gasteiger partial charge in [0.05, 0.1) is 6.54 Å². The fourth-order valence-corrected chi connectivity index (χ4v) is 5.17. The number of amides is 1. The molecule has 32 heavy (non-hydrogen) atoms. The summed E-state index contributed by atoms with van der Waals surface area (Å²) in [5.41, 5.74) is 3.90. The largest absolute Gasteiger partial charge is 0.334 e. The zero-order valence-corrected chi connectivity index (χ0v) is 18.5. The van der Waals surface area contributed by atoms with Gasteiger partial charge in [-0.3, -0.25) is 15.1 Å². The summed E-state index contributed by atoms with van der Waals surface area (Å²) in [7, 11) is 0. The average Bonchev–Trinajstić information content (AvgIpc) is 3.37. The van der Waals surface area contributed by atoms with Gasteiger partial charge in [0.25, 0.3) is 5.91 Å². The molecule has 1 amide bonds. The van der Waals surface area contributed by atoms with Crippen molar-refractivity contribution < 1.29 is 4.79 Å². The second-order valence-electron chi connectivity index (χ2n) is 8.04. The molecule has 1 aliphatic rings. The van der Waals surface area contributed by atoms with Crippen LogP contribution in [0.4, 0.5) is 0 Å². The Labute approximate surface area is 191 Å². The van der Waals surface area contributed by atoms with Gasteiger partial charge in [-0.2, -0.15) is 0 Å². The summed E-state index contributed by atoms with van der Waals surface area (Å²) >= 11 is 1.71. The van der Waals surface area contributed by atoms with E-state index in [2.05, 4.69) is 35.8 Å². The van der Waals surface area contributed by atoms with Crippen LogP contribution < -0.4 is 5.32 Å². The predicted octanol–water partition coefficient (Wildman–Crippen LogP) is 5.53. The van der Waals surface area contributed by atoms with Crippen LogP contribution in [-0.4, -0.2) is 16.8 Å². The van der Waals surface area contributed by atoms with Crippen LogP contribution in [0.25, 0.3) is 10.4 Å². The third-order valence-electron chi connectivity index (χ3n) is 5.84. The van der Waals surface area contributed by atoms with Crippen LogP contribution in [0, 0.1) is 12.3 Å².